The van der Waals surface area contributed by atoms with Gasteiger partial charge in [-0.2, -0.15) is 0 Å². The number of carbonyl (C=O) groups is 2. The van der Waals surface area contributed by atoms with Gasteiger partial charge in [0.05, 0.1) is 6.42 Å². The van der Waals surface area contributed by atoms with E-state index in [1.165, 1.54) is 0 Å². The fourth-order valence-corrected chi connectivity index (χ4v) is 1.40. The summed E-state index contributed by atoms with van der Waals surface area (Å²) >= 11 is 3.66. The summed E-state index contributed by atoms with van der Waals surface area (Å²) in [4.78, 5) is 21.3. The van der Waals surface area contributed by atoms with Gasteiger partial charge in [0, 0.05) is 6.42 Å². The summed E-state index contributed by atoms with van der Waals surface area (Å²) in [7, 11) is 0. The highest BCUT2D eigenvalue weighted by atomic mass is 32.1. The molecule has 0 saturated carbocycles. The molecule has 1 N–H and O–H groups in total. The Labute approximate surface area is 87.2 Å². The van der Waals surface area contributed by atoms with Crippen LogP contribution in [-0.2, 0) is 22.4 Å². The number of benzene rings is 1. The number of carbonyl (C=O) groups excluding carboxylic acids is 1. The van der Waals surface area contributed by atoms with Crippen LogP contribution in [0.3, 0.4) is 0 Å². The first-order valence-electron chi connectivity index (χ1n) is 4.10. The third-order valence-corrected chi connectivity index (χ3v) is 1.96. The van der Waals surface area contributed by atoms with E-state index in [0.717, 1.165) is 5.56 Å². The first-order valence-corrected chi connectivity index (χ1v) is 4.54. The number of rotatable bonds is 4. The fraction of sp³-hybridized carbons (Fsp3) is 0.200. The third-order valence-electron chi connectivity index (χ3n) is 1.80. The topological polar surface area (TPSA) is 54.4 Å². The average Bonchev–Trinajstić information content (AvgIpc) is 2.06. The van der Waals surface area contributed by atoms with E-state index in [9.17, 15) is 9.59 Å². The van der Waals surface area contributed by atoms with Gasteiger partial charge in [-0.15, -0.1) is 12.6 Å². The second kappa shape index (κ2) is 4.81. The van der Waals surface area contributed by atoms with Crippen molar-refractivity contribution in [2.45, 2.75) is 12.8 Å². The van der Waals surface area contributed by atoms with Crippen LogP contribution in [0.1, 0.15) is 11.1 Å². The van der Waals surface area contributed by atoms with Gasteiger partial charge >= 0.3 is 5.97 Å². The number of hydrogen-bond donors (Lipinski definition) is 2. The van der Waals surface area contributed by atoms with Gasteiger partial charge in [0.2, 0.25) is 0 Å². The molecule has 74 valence electrons. The van der Waals surface area contributed by atoms with E-state index >= 15 is 0 Å². The maximum atomic E-state index is 10.8. The van der Waals surface area contributed by atoms with Gasteiger partial charge in [0.1, 0.15) is 0 Å². The summed E-state index contributed by atoms with van der Waals surface area (Å²) in [6.07, 6.45) is 0.115. The van der Waals surface area contributed by atoms with Crippen molar-refractivity contribution in [3.8, 4) is 0 Å². The molecule has 0 aliphatic heterocycles. The molecule has 0 saturated heterocycles. The minimum atomic E-state index is -0.899. The van der Waals surface area contributed by atoms with Gasteiger partial charge in [0.25, 0.3) is 0 Å². The molecule has 1 aromatic carbocycles. The molecule has 0 aliphatic carbocycles. The normalized spacial score (nSPS) is 9.79. The molecule has 0 unspecified atom stereocenters. The second-order valence-electron chi connectivity index (χ2n) is 2.91. The summed E-state index contributed by atoms with van der Waals surface area (Å²) in [5, 5.41) is 8.36. The van der Waals surface area contributed by atoms with Crippen molar-refractivity contribution in [3.05, 3.63) is 35.4 Å². The lowest BCUT2D eigenvalue weighted by Crippen LogP contribution is -2.05. The fourth-order valence-electron chi connectivity index (χ4n) is 1.23. The van der Waals surface area contributed by atoms with Crippen LogP contribution in [0.5, 0.6) is 0 Å². The van der Waals surface area contributed by atoms with Crippen LogP contribution in [0.25, 0.3) is 0 Å². The first kappa shape index (κ1) is 10.8. The minimum Gasteiger partial charge on any atom is -0.481 e. The number of carboxylic acids is 1. The molecule has 0 atom stereocenters. The predicted molar refractivity (Wildman–Crippen MR) is 55.5 cm³/mol. The summed E-state index contributed by atoms with van der Waals surface area (Å²) in [6.45, 7) is 0. The number of carboxylic acid groups (broad SMARTS) is 1. The molecule has 0 amide bonds. The molecule has 1 aromatic rings. The molecule has 0 fully saturated rings. The standard InChI is InChI=1S/C10H10O3S/c11-9(12)5-7-3-1-2-4-8(7)6-10(13)14/h1-4H,5-6H2,(H,11,12)(H,13,14). The Kier molecular flexibility index (Phi) is 3.71. The van der Waals surface area contributed by atoms with Crippen molar-refractivity contribution in [3.63, 3.8) is 0 Å². The molecule has 0 spiro atoms. The quantitative estimate of drug-likeness (QED) is 0.737. The van der Waals surface area contributed by atoms with Gasteiger partial charge in [-0.1, -0.05) is 24.3 Å². The summed E-state index contributed by atoms with van der Waals surface area (Å²) in [6, 6.07) is 6.98. The molecule has 3 nitrogen and oxygen atoms in total. The van der Waals surface area contributed by atoms with Crippen molar-refractivity contribution in [1.82, 2.24) is 0 Å². The lowest BCUT2D eigenvalue weighted by atomic mass is 10.0. The minimum absolute atomic E-state index is 0.0583. The van der Waals surface area contributed by atoms with Crippen molar-refractivity contribution in [2.24, 2.45) is 0 Å². The first-order chi connectivity index (χ1) is 6.59. The van der Waals surface area contributed by atoms with Crippen LogP contribution >= 0.6 is 12.6 Å². The number of thiol groups is 1. The largest absolute Gasteiger partial charge is 0.481 e. The van der Waals surface area contributed by atoms with Crippen LogP contribution in [0.15, 0.2) is 24.3 Å². The van der Waals surface area contributed by atoms with Crippen molar-refractivity contribution < 1.29 is 14.7 Å². The zero-order valence-corrected chi connectivity index (χ0v) is 8.33. The molecule has 4 heteroatoms. The molecule has 0 aromatic heterocycles. The average molecular weight is 210 g/mol. The van der Waals surface area contributed by atoms with Crippen LogP contribution in [0.2, 0.25) is 0 Å². The SMILES string of the molecule is O=C(O)Cc1ccccc1CC(=O)S. The lowest BCUT2D eigenvalue weighted by molar-refractivity contribution is -0.136. The second-order valence-corrected chi connectivity index (χ2v) is 3.41. The zero-order valence-electron chi connectivity index (χ0n) is 7.43. The van der Waals surface area contributed by atoms with Gasteiger partial charge in [-0.05, 0) is 11.1 Å². The van der Waals surface area contributed by atoms with Gasteiger partial charge in [0.15, 0.2) is 5.12 Å². The molecule has 0 heterocycles. The molecular formula is C10H10O3S. The molecule has 0 aliphatic rings. The highest BCUT2D eigenvalue weighted by Crippen LogP contribution is 2.11. The van der Waals surface area contributed by atoms with Crippen molar-refractivity contribution in [1.29, 1.82) is 0 Å². The maximum absolute atomic E-state index is 10.8. The monoisotopic (exact) mass is 210 g/mol. The van der Waals surface area contributed by atoms with Crippen LogP contribution in [0, 0.1) is 0 Å². The molecule has 1 rings (SSSR count). The van der Waals surface area contributed by atoms with Crippen LogP contribution in [0.4, 0.5) is 0 Å². The highest BCUT2D eigenvalue weighted by molar-refractivity contribution is 7.96. The van der Waals surface area contributed by atoms with E-state index in [1.807, 2.05) is 0 Å². The van der Waals surface area contributed by atoms with Crippen molar-refractivity contribution in [2.75, 3.05) is 0 Å². The molecule has 0 radical (unpaired) electrons. The maximum Gasteiger partial charge on any atom is 0.307 e. The summed E-state index contributed by atoms with van der Waals surface area (Å²) in [5.41, 5.74) is 1.40. The third kappa shape index (κ3) is 3.22. The highest BCUT2D eigenvalue weighted by Gasteiger charge is 2.07. The van der Waals surface area contributed by atoms with E-state index in [1.54, 1.807) is 24.3 Å². The predicted octanol–water partition coefficient (Wildman–Crippen LogP) is 1.31. The molecule has 0 bridgehead atoms. The van der Waals surface area contributed by atoms with E-state index in [4.69, 9.17) is 5.11 Å². The van der Waals surface area contributed by atoms with E-state index in [0.29, 0.717) is 5.56 Å². The van der Waals surface area contributed by atoms with E-state index in [2.05, 4.69) is 12.6 Å². The van der Waals surface area contributed by atoms with Crippen LogP contribution < -0.4 is 0 Å². The summed E-state index contributed by atoms with van der Waals surface area (Å²) in [5.74, 6) is -0.899. The summed E-state index contributed by atoms with van der Waals surface area (Å²) < 4.78 is 0. The number of hydrogen-bond acceptors (Lipinski definition) is 2. The smallest absolute Gasteiger partial charge is 0.307 e. The zero-order chi connectivity index (χ0) is 10.6. The molecule has 14 heavy (non-hydrogen) atoms. The van der Waals surface area contributed by atoms with Gasteiger partial charge in [-0.3, -0.25) is 9.59 Å². The van der Waals surface area contributed by atoms with E-state index < -0.39 is 5.97 Å². The Morgan fingerprint density at radius 1 is 1.14 bits per heavy atom. The van der Waals surface area contributed by atoms with Crippen LogP contribution in [-0.4, -0.2) is 16.2 Å². The van der Waals surface area contributed by atoms with E-state index in [-0.39, 0.29) is 18.0 Å². The van der Waals surface area contributed by atoms with Gasteiger partial charge < -0.3 is 5.11 Å². The Balaban J connectivity index is 2.90. The Morgan fingerprint density at radius 3 is 2.07 bits per heavy atom. The lowest BCUT2D eigenvalue weighted by Gasteiger charge is -2.04. The van der Waals surface area contributed by atoms with Crippen molar-refractivity contribution >= 4 is 23.7 Å². The number of aliphatic carboxylic acids is 1. The molecular weight excluding hydrogens is 200 g/mol. The van der Waals surface area contributed by atoms with Gasteiger partial charge in [-0.25, -0.2) is 0 Å². The Morgan fingerprint density at radius 2 is 1.64 bits per heavy atom. The Bertz CT molecular complexity index is 325. The Hall–Kier alpha value is -1.29.